The smallest absolute Gasteiger partial charge is 0.227 e. The lowest BCUT2D eigenvalue weighted by Gasteiger charge is -2.34. The number of pyridine rings is 1. The number of carbonyl (C=O) groups excluding carboxylic acids is 1. The second-order valence-corrected chi connectivity index (χ2v) is 7.20. The first kappa shape index (κ1) is 18.1. The maximum absolute atomic E-state index is 12.7. The molecule has 1 aromatic heterocycles. The van der Waals surface area contributed by atoms with Gasteiger partial charge in [0.05, 0.1) is 5.41 Å². The van der Waals surface area contributed by atoms with Crippen LogP contribution in [0.25, 0.3) is 0 Å². The van der Waals surface area contributed by atoms with Crippen LogP contribution in [0.15, 0.2) is 18.3 Å². The Bertz CT molecular complexity index is 564. The molecule has 25 heavy (non-hydrogen) atoms. The van der Waals surface area contributed by atoms with E-state index in [9.17, 15) is 4.79 Å². The Balaban J connectivity index is 1.61. The molecule has 0 spiro atoms. The van der Waals surface area contributed by atoms with E-state index < -0.39 is 5.41 Å². The molecule has 0 radical (unpaired) electrons. The van der Waals surface area contributed by atoms with Gasteiger partial charge < -0.3 is 20.7 Å². The van der Waals surface area contributed by atoms with Gasteiger partial charge in [-0.1, -0.05) is 12.8 Å². The van der Waals surface area contributed by atoms with Crippen LogP contribution in [-0.2, 0) is 16.1 Å². The molecule has 0 saturated carbocycles. The molecule has 3 heterocycles. The minimum Gasteiger partial charge on any atom is -0.381 e. The molecule has 0 unspecified atom stereocenters. The average molecular weight is 346 g/mol. The average Bonchev–Trinajstić information content (AvgIpc) is 2.96. The number of hydrogen-bond acceptors (Lipinski definition) is 5. The first-order valence-corrected chi connectivity index (χ1v) is 9.49. The van der Waals surface area contributed by atoms with Gasteiger partial charge in [0, 0.05) is 45.6 Å². The molecule has 2 aliphatic rings. The Labute approximate surface area is 150 Å². The lowest BCUT2D eigenvalue weighted by molar-refractivity contribution is -0.136. The molecule has 2 saturated heterocycles. The summed E-state index contributed by atoms with van der Waals surface area (Å²) in [5.41, 5.74) is 6.52. The fraction of sp³-hybridized carbons (Fsp3) is 0.684. The van der Waals surface area contributed by atoms with E-state index in [0.29, 0.717) is 39.1 Å². The zero-order valence-electron chi connectivity index (χ0n) is 15.0. The number of amides is 1. The standard InChI is InChI=1S/C19H30N4O2/c20-15-19(6-11-25-12-7-19)18(24)22-14-16-5-8-21-17(13-16)23-9-3-1-2-4-10-23/h5,8,13H,1-4,6-7,9-12,14-15,20H2,(H,22,24). The third-order valence-corrected chi connectivity index (χ3v) is 5.52. The molecule has 0 aromatic carbocycles. The zero-order chi connectivity index (χ0) is 17.5. The number of nitrogens with zero attached hydrogens (tertiary/aromatic N) is 2. The van der Waals surface area contributed by atoms with Crippen LogP contribution in [0.5, 0.6) is 0 Å². The van der Waals surface area contributed by atoms with E-state index >= 15 is 0 Å². The highest BCUT2D eigenvalue weighted by Crippen LogP contribution is 2.29. The molecule has 0 bridgehead atoms. The highest BCUT2D eigenvalue weighted by atomic mass is 16.5. The van der Waals surface area contributed by atoms with Gasteiger partial charge in [-0.25, -0.2) is 4.98 Å². The van der Waals surface area contributed by atoms with Gasteiger partial charge in [0.1, 0.15) is 5.82 Å². The van der Waals surface area contributed by atoms with E-state index in [-0.39, 0.29) is 5.91 Å². The van der Waals surface area contributed by atoms with Gasteiger partial charge in [-0.05, 0) is 43.4 Å². The quantitative estimate of drug-likeness (QED) is 0.850. The predicted molar refractivity (Wildman–Crippen MR) is 98.3 cm³/mol. The maximum atomic E-state index is 12.7. The summed E-state index contributed by atoms with van der Waals surface area (Å²) >= 11 is 0. The summed E-state index contributed by atoms with van der Waals surface area (Å²) in [6, 6.07) is 4.07. The summed E-state index contributed by atoms with van der Waals surface area (Å²) in [7, 11) is 0. The van der Waals surface area contributed by atoms with Crippen molar-refractivity contribution in [2.45, 2.75) is 45.1 Å². The normalized spacial score (nSPS) is 20.8. The second kappa shape index (κ2) is 8.63. The summed E-state index contributed by atoms with van der Waals surface area (Å²) in [6.07, 6.45) is 8.30. The van der Waals surface area contributed by atoms with Gasteiger partial charge in [0.25, 0.3) is 0 Å². The van der Waals surface area contributed by atoms with E-state index in [1.165, 1.54) is 25.7 Å². The van der Waals surface area contributed by atoms with Gasteiger partial charge >= 0.3 is 0 Å². The van der Waals surface area contributed by atoms with Crippen LogP contribution in [0.2, 0.25) is 0 Å². The minimum atomic E-state index is -0.473. The van der Waals surface area contributed by atoms with E-state index in [4.69, 9.17) is 10.5 Å². The van der Waals surface area contributed by atoms with Crippen LogP contribution in [0.3, 0.4) is 0 Å². The molecule has 6 heteroatoms. The first-order valence-electron chi connectivity index (χ1n) is 9.49. The van der Waals surface area contributed by atoms with Crippen LogP contribution in [-0.4, -0.2) is 43.7 Å². The van der Waals surface area contributed by atoms with Crippen LogP contribution in [0, 0.1) is 5.41 Å². The number of rotatable bonds is 5. The fourth-order valence-electron chi connectivity index (χ4n) is 3.70. The number of aromatic nitrogens is 1. The molecule has 0 aliphatic carbocycles. The van der Waals surface area contributed by atoms with Crippen LogP contribution >= 0.6 is 0 Å². The van der Waals surface area contributed by atoms with Crippen molar-refractivity contribution in [3.63, 3.8) is 0 Å². The van der Waals surface area contributed by atoms with Crippen molar-refractivity contribution < 1.29 is 9.53 Å². The van der Waals surface area contributed by atoms with Crippen LogP contribution in [0.1, 0.15) is 44.1 Å². The predicted octanol–water partition coefficient (Wildman–Crippen LogP) is 1.83. The van der Waals surface area contributed by atoms with Crippen molar-refractivity contribution in [2.75, 3.05) is 37.7 Å². The molecule has 0 atom stereocenters. The number of nitrogens with one attached hydrogen (secondary N) is 1. The highest BCUT2D eigenvalue weighted by molar-refractivity contribution is 5.83. The Morgan fingerprint density at radius 1 is 1.24 bits per heavy atom. The summed E-state index contributed by atoms with van der Waals surface area (Å²) < 4.78 is 5.38. The molecular formula is C19H30N4O2. The van der Waals surface area contributed by atoms with E-state index in [0.717, 1.165) is 24.5 Å². The Kier molecular flexibility index (Phi) is 6.26. The van der Waals surface area contributed by atoms with E-state index in [2.05, 4.69) is 21.3 Å². The van der Waals surface area contributed by atoms with E-state index in [1.54, 1.807) is 0 Å². The van der Waals surface area contributed by atoms with Crippen molar-refractivity contribution in [3.05, 3.63) is 23.9 Å². The summed E-state index contributed by atoms with van der Waals surface area (Å²) in [5.74, 6) is 1.07. The monoisotopic (exact) mass is 346 g/mol. The summed E-state index contributed by atoms with van der Waals surface area (Å²) in [4.78, 5) is 19.6. The van der Waals surface area contributed by atoms with Gasteiger partial charge in [-0.15, -0.1) is 0 Å². The minimum absolute atomic E-state index is 0.0476. The van der Waals surface area contributed by atoms with Crippen molar-refractivity contribution >= 4 is 11.7 Å². The molecule has 3 rings (SSSR count). The third kappa shape index (κ3) is 4.50. The molecule has 1 aromatic rings. The molecule has 2 fully saturated rings. The SMILES string of the molecule is NCC1(C(=O)NCc2ccnc(N3CCCCCC3)c2)CCOCC1. The zero-order valence-corrected chi connectivity index (χ0v) is 15.0. The highest BCUT2D eigenvalue weighted by Gasteiger charge is 2.38. The molecule has 2 aliphatic heterocycles. The number of carbonyl (C=O) groups is 1. The Hall–Kier alpha value is -1.66. The molecule has 3 N–H and O–H groups in total. The lowest BCUT2D eigenvalue weighted by Crippen LogP contribution is -2.48. The third-order valence-electron chi connectivity index (χ3n) is 5.52. The number of anilines is 1. The number of nitrogens with two attached hydrogens (primary N) is 1. The maximum Gasteiger partial charge on any atom is 0.227 e. The Morgan fingerprint density at radius 3 is 2.64 bits per heavy atom. The lowest BCUT2D eigenvalue weighted by atomic mass is 9.79. The van der Waals surface area contributed by atoms with E-state index in [1.807, 2.05) is 12.3 Å². The largest absolute Gasteiger partial charge is 0.381 e. The van der Waals surface area contributed by atoms with Gasteiger partial charge in [-0.2, -0.15) is 0 Å². The van der Waals surface area contributed by atoms with Gasteiger partial charge in [0.15, 0.2) is 0 Å². The Morgan fingerprint density at radius 2 is 1.96 bits per heavy atom. The molecular weight excluding hydrogens is 316 g/mol. The molecule has 138 valence electrons. The van der Waals surface area contributed by atoms with Crippen molar-refractivity contribution in [1.29, 1.82) is 0 Å². The summed E-state index contributed by atoms with van der Waals surface area (Å²) in [6.45, 7) is 4.25. The first-order chi connectivity index (χ1) is 12.2. The van der Waals surface area contributed by atoms with Gasteiger partial charge in [-0.3, -0.25) is 4.79 Å². The van der Waals surface area contributed by atoms with Crippen LogP contribution in [0.4, 0.5) is 5.82 Å². The fourth-order valence-corrected chi connectivity index (χ4v) is 3.70. The van der Waals surface area contributed by atoms with Crippen molar-refractivity contribution in [2.24, 2.45) is 11.1 Å². The molecule has 1 amide bonds. The van der Waals surface area contributed by atoms with Crippen molar-refractivity contribution in [1.82, 2.24) is 10.3 Å². The van der Waals surface area contributed by atoms with Gasteiger partial charge in [0.2, 0.25) is 5.91 Å². The second-order valence-electron chi connectivity index (χ2n) is 7.20. The summed E-state index contributed by atoms with van der Waals surface area (Å²) in [5, 5.41) is 3.08. The molecule has 6 nitrogen and oxygen atoms in total. The number of hydrogen-bond donors (Lipinski definition) is 2. The topological polar surface area (TPSA) is 80.5 Å². The van der Waals surface area contributed by atoms with Crippen LogP contribution < -0.4 is 16.0 Å². The number of ether oxygens (including phenoxy) is 1. The van der Waals surface area contributed by atoms with Crippen molar-refractivity contribution in [3.8, 4) is 0 Å².